The van der Waals surface area contributed by atoms with E-state index in [1.165, 1.54) is 28.6 Å². The van der Waals surface area contributed by atoms with Crippen LogP contribution in [0.2, 0.25) is 0 Å². The van der Waals surface area contributed by atoms with Crippen molar-refractivity contribution >= 4 is 16.0 Å². The lowest BCUT2D eigenvalue weighted by Crippen LogP contribution is -2.27. The van der Waals surface area contributed by atoms with Crippen molar-refractivity contribution < 1.29 is 18.3 Å². The van der Waals surface area contributed by atoms with Crippen LogP contribution in [0, 0.1) is 11.8 Å². The Morgan fingerprint density at radius 2 is 1.74 bits per heavy atom. The van der Waals surface area contributed by atoms with Gasteiger partial charge in [0.05, 0.1) is 4.90 Å². The van der Waals surface area contributed by atoms with Crippen LogP contribution in [-0.2, 0) is 14.8 Å². The van der Waals surface area contributed by atoms with Gasteiger partial charge in [-0.3, -0.25) is 0 Å². The summed E-state index contributed by atoms with van der Waals surface area (Å²) >= 11 is 0. The third-order valence-corrected chi connectivity index (χ3v) is 4.78. The highest BCUT2D eigenvalue weighted by Gasteiger charge is 2.26. The normalized spacial score (nSPS) is 15.8. The molecule has 0 radical (unpaired) electrons. The van der Waals surface area contributed by atoms with Crippen LogP contribution >= 0.6 is 0 Å². The molecule has 1 heterocycles. The molecule has 100 valence electrons. The molecule has 0 bridgehead atoms. The minimum absolute atomic E-state index is 0.218. The summed E-state index contributed by atoms with van der Waals surface area (Å²) in [5, 5.41) is 8.43. The van der Waals surface area contributed by atoms with Crippen LogP contribution in [0.25, 0.3) is 0 Å². The van der Waals surface area contributed by atoms with Crippen molar-refractivity contribution in [3.63, 3.8) is 0 Å². The van der Waals surface area contributed by atoms with E-state index in [-0.39, 0.29) is 4.90 Å². The van der Waals surface area contributed by atoms with Crippen molar-refractivity contribution in [2.45, 2.75) is 17.7 Å². The van der Waals surface area contributed by atoms with E-state index in [1.54, 1.807) is 0 Å². The summed E-state index contributed by atoms with van der Waals surface area (Å²) in [6, 6.07) is 5.94. The molecule has 1 aromatic carbocycles. The zero-order valence-corrected chi connectivity index (χ0v) is 11.0. The molecule has 1 fully saturated rings. The molecule has 19 heavy (non-hydrogen) atoms. The first-order valence-corrected chi connectivity index (χ1v) is 7.29. The standard InChI is InChI=1S/C13H13NO4S/c15-13(16)8-5-11-3-6-12(7-4-11)19(17,18)14-9-1-2-10-14/h3-4,6-7H,1-2,9-10H2,(H,15,16). The molecular weight excluding hydrogens is 266 g/mol. The quantitative estimate of drug-likeness (QED) is 0.816. The van der Waals surface area contributed by atoms with Crippen LogP contribution in [0.1, 0.15) is 18.4 Å². The lowest BCUT2D eigenvalue weighted by Gasteiger charge is -2.15. The Morgan fingerprint density at radius 3 is 2.26 bits per heavy atom. The van der Waals surface area contributed by atoms with Crippen molar-refractivity contribution in [2.75, 3.05) is 13.1 Å². The van der Waals surface area contributed by atoms with Crippen molar-refractivity contribution in [1.29, 1.82) is 0 Å². The van der Waals surface area contributed by atoms with Crippen molar-refractivity contribution in [1.82, 2.24) is 4.31 Å². The highest BCUT2D eigenvalue weighted by atomic mass is 32.2. The van der Waals surface area contributed by atoms with Gasteiger partial charge in [-0.05, 0) is 37.1 Å². The number of carbonyl (C=O) groups is 1. The summed E-state index contributed by atoms with van der Waals surface area (Å²) in [6.07, 6.45) is 1.78. The minimum atomic E-state index is -3.42. The highest BCUT2D eigenvalue weighted by Crippen LogP contribution is 2.20. The van der Waals surface area contributed by atoms with Gasteiger partial charge in [0.25, 0.3) is 0 Å². The van der Waals surface area contributed by atoms with E-state index < -0.39 is 16.0 Å². The average molecular weight is 279 g/mol. The Morgan fingerprint density at radius 1 is 1.16 bits per heavy atom. The first-order valence-electron chi connectivity index (χ1n) is 5.85. The third kappa shape index (κ3) is 3.13. The van der Waals surface area contributed by atoms with Crippen molar-refractivity contribution in [3.05, 3.63) is 29.8 Å². The van der Waals surface area contributed by atoms with Crippen molar-refractivity contribution in [3.8, 4) is 11.8 Å². The lowest BCUT2D eigenvalue weighted by atomic mass is 10.2. The second-order valence-corrected chi connectivity index (χ2v) is 6.13. The molecule has 1 N–H and O–H groups in total. The van der Waals surface area contributed by atoms with Gasteiger partial charge in [0.15, 0.2) is 0 Å². The Hall–Kier alpha value is -1.84. The topological polar surface area (TPSA) is 74.7 Å². The van der Waals surface area contributed by atoms with Gasteiger partial charge < -0.3 is 5.11 Å². The van der Waals surface area contributed by atoms with Crippen LogP contribution in [-0.4, -0.2) is 36.9 Å². The summed E-state index contributed by atoms with van der Waals surface area (Å²) in [5.74, 6) is 3.20. The molecule has 0 atom stereocenters. The Kier molecular flexibility index (Phi) is 3.88. The van der Waals surface area contributed by atoms with Crippen LogP contribution in [0.5, 0.6) is 0 Å². The van der Waals surface area contributed by atoms with E-state index in [0.717, 1.165) is 12.8 Å². The second-order valence-electron chi connectivity index (χ2n) is 4.19. The number of carboxylic acid groups (broad SMARTS) is 1. The summed E-state index contributed by atoms with van der Waals surface area (Å²) in [7, 11) is -3.42. The van der Waals surface area contributed by atoms with Crippen LogP contribution in [0.15, 0.2) is 29.2 Å². The molecule has 0 spiro atoms. The second kappa shape index (κ2) is 5.43. The SMILES string of the molecule is O=C(O)C#Cc1ccc(S(=O)(=O)N2CCCC2)cc1. The largest absolute Gasteiger partial charge is 0.472 e. The summed E-state index contributed by atoms with van der Waals surface area (Å²) in [5.41, 5.74) is 0.475. The fourth-order valence-electron chi connectivity index (χ4n) is 1.91. The third-order valence-electron chi connectivity index (χ3n) is 2.87. The molecule has 0 unspecified atom stereocenters. The fraction of sp³-hybridized carbons (Fsp3) is 0.308. The zero-order chi connectivity index (χ0) is 13.9. The van der Waals surface area contributed by atoms with E-state index in [2.05, 4.69) is 5.92 Å². The number of aliphatic carboxylic acids is 1. The Bertz CT molecular complexity index is 631. The molecule has 1 aliphatic heterocycles. The molecule has 2 rings (SSSR count). The first kappa shape index (κ1) is 13.6. The highest BCUT2D eigenvalue weighted by molar-refractivity contribution is 7.89. The van der Waals surface area contributed by atoms with E-state index in [4.69, 9.17) is 5.11 Å². The Balaban J connectivity index is 2.23. The van der Waals surface area contributed by atoms with Gasteiger partial charge in [-0.25, -0.2) is 13.2 Å². The summed E-state index contributed by atoms with van der Waals surface area (Å²) in [6.45, 7) is 1.12. The van der Waals surface area contributed by atoms with Gasteiger partial charge >= 0.3 is 5.97 Å². The maximum absolute atomic E-state index is 12.2. The number of hydrogen-bond acceptors (Lipinski definition) is 3. The van der Waals surface area contributed by atoms with E-state index in [9.17, 15) is 13.2 Å². The number of sulfonamides is 1. The molecule has 0 aromatic heterocycles. The van der Waals surface area contributed by atoms with Gasteiger partial charge in [0.1, 0.15) is 0 Å². The fourth-order valence-corrected chi connectivity index (χ4v) is 3.43. The number of nitrogens with zero attached hydrogens (tertiary/aromatic N) is 1. The van der Waals surface area contributed by atoms with Gasteiger partial charge in [-0.15, -0.1) is 0 Å². The average Bonchev–Trinajstić information content (AvgIpc) is 2.91. The zero-order valence-electron chi connectivity index (χ0n) is 10.2. The van der Waals surface area contributed by atoms with Crippen LogP contribution in [0.4, 0.5) is 0 Å². The lowest BCUT2D eigenvalue weighted by molar-refractivity contribution is -0.130. The smallest absolute Gasteiger partial charge is 0.382 e. The predicted molar refractivity (Wildman–Crippen MR) is 68.9 cm³/mol. The predicted octanol–water partition coefficient (Wildman–Crippen LogP) is 0.907. The van der Waals surface area contributed by atoms with Crippen LogP contribution < -0.4 is 0 Å². The first-order chi connectivity index (χ1) is 9.00. The number of carboxylic acids is 1. The van der Waals surface area contributed by atoms with Gasteiger partial charge in [-0.1, -0.05) is 5.92 Å². The molecule has 1 aromatic rings. The molecule has 0 saturated carbocycles. The van der Waals surface area contributed by atoms with E-state index in [1.807, 2.05) is 5.92 Å². The van der Waals surface area contributed by atoms with E-state index in [0.29, 0.717) is 18.7 Å². The minimum Gasteiger partial charge on any atom is -0.472 e. The number of benzene rings is 1. The maximum atomic E-state index is 12.2. The molecule has 5 nitrogen and oxygen atoms in total. The maximum Gasteiger partial charge on any atom is 0.382 e. The summed E-state index contributed by atoms with van der Waals surface area (Å²) < 4.78 is 25.9. The molecular formula is C13H13NO4S. The molecule has 0 aliphatic carbocycles. The summed E-state index contributed by atoms with van der Waals surface area (Å²) in [4.78, 5) is 10.5. The molecule has 6 heteroatoms. The molecule has 1 aliphatic rings. The van der Waals surface area contributed by atoms with Crippen LogP contribution in [0.3, 0.4) is 0 Å². The van der Waals surface area contributed by atoms with E-state index >= 15 is 0 Å². The van der Waals surface area contributed by atoms with Gasteiger partial charge in [-0.2, -0.15) is 4.31 Å². The molecule has 1 saturated heterocycles. The molecule has 0 amide bonds. The van der Waals surface area contributed by atoms with Gasteiger partial charge in [0.2, 0.25) is 10.0 Å². The number of rotatable bonds is 2. The monoisotopic (exact) mass is 279 g/mol. The Labute approximate surface area is 111 Å². The van der Waals surface area contributed by atoms with Crippen molar-refractivity contribution in [2.24, 2.45) is 0 Å². The van der Waals surface area contributed by atoms with Gasteiger partial charge in [0, 0.05) is 24.6 Å². The number of hydrogen-bond donors (Lipinski definition) is 1.